The molecule has 1 aromatic rings. The minimum Gasteiger partial charge on any atom is -0.375 e. The van der Waals surface area contributed by atoms with Gasteiger partial charge in [-0.3, -0.25) is 4.79 Å². The van der Waals surface area contributed by atoms with E-state index in [9.17, 15) is 4.79 Å². The lowest BCUT2D eigenvalue weighted by Gasteiger charge is -2.32. The first-order chi connectivity index (χ1) is 8.76. The normalized spacial score (nSPS) is 19.7. The fourth-order valence-corrected chi connectivity index (χ4v) is 2.10. The number of ether oxygens (including phenoxy) is 1. The number of hydrogen-bond donors (Lipinski definition) is 1. The van der Waals surface area contributed by atoms with Gasteiger partial charge in [-0.25, -0.2) is 4.98 Å². The Morgan fingerprint density at radius 3 is 3.22 bits per heavy atom. The van der Waals surface area contributed by atoms with Crippen molar-refractivity contribution in [2.24, 2.45) is 0 Å². The van der Waals surface area contributed by atoms with Crippen molar-refractivity contribution in [3.63, 3.8) is 0 Å². The summed E-state index contributed by atoms with van der Waals surface area (Å²) in [6, 6.07) is 3.59. The molecular weight excluding hydrogens is 230 g/mol. The molecular formula is C13H19N3O2. The van der Waals surface area contributed by atoms with Crippen LogP contribution >= 0.6 is 0 Å². The van der Waals surface area contributed by atoms with Gasteiger partial charge >= 0.3 is 0 Å². The molecule has 18 heavy (non-hydrogen) atoms. The summed E-state index contributed by atoms with van der Waals surface area (Å²) in [6.45, 7) is 3.99. The summed E-state index contributed by atoms with van der Waals surface area (Å²) >= 11 is 0. The molecule has 2 rings (SSSR count). The predicted octanol–water partition coefficient (Wildman–Crippen LogP) is 1.37. The Morgan fingerprint density at radius 2 is 2.50 bits per heavy atom. The molecule has 2 heterocycles. The van der Waals surface area contributed by atoms with E-state index in [1.807, 2.05) is 4.90 Å². The number of carbonyl (C=O) groups is 1. The number of amides is 1. The Kier molecular flexibility index (Phi) is 4.15. The number of hydrogen-bond acceptors (Lipinski definition) is 4. The van der Waals surface area contributed by atoms with Crippen molar-refractivity contribution < 1.29 is 9.53 Å². The van der Waals surface area contributed by atoms with E-state index < -0.39 is 0 Å². The number of carbonyl (C=O) groups excluding carboxylic acids is 1. The number of pyridine rings is 1. The predicted molar refractivity (Wildman–Crippen MR) is 69.7 cm³/mol. The Hall–Kier alpha value is -1.62. The van der Waals surface area contributed by atoms with Gasteiger partial charge in [-0.05, 0) is 18.6 Å². The average Bonchev–Trinajstić information content (AvgIpc) is 2.46. The van der Waals surface area contributed by atoms with E-state index in [1.54, 1.807) is 25.4 Å². The highest BCUT2D eigenvalue weighted by atomic mass is 16.5. The molecule has 0 bridgehead atoms. The maximum absolute atomic E-state index is 12.4. The molecule has 1 saturated heterocycles. The molecule has 1 N–H and O–H groups in total. The van der Waals surface area contributed by atoms with Crippen molar-refractivity contribution >= 4 is 11.7 Å². The van der Waals surface area contributed by atoms with Crippen molar-refractivity contribution in [1.82, 2.24) is 9.88 Å². The molecule has 1 unspecified atom stereocenters. The van der Waals surface area contributed by atoms with Crippen LogP contribution in [0.5, 0.6) is 0 Å². The van der Waals surface area contributed by atoms with Gasteiger partial charge in [0.25, 0.3) is 5.91 Å². The molecule has 0 aliphatic carbocycles. The van der Waals surface area contributed by atoms with Gasteiger partial charge in [0, 0.05) is 26.3 Å². The molecule has 1 aromatic heterocycles. The molecule has 1 fully saturated rings. The first-order valence-electron chi connectivity index (χ1n) is 6.30. The number of anilines is 1. The van der Waals surface area contributed by atoms with Gasteiger partial charge in [-0.1, -0.05) is 6.92 Å². The van der Waals surface area contributed by atoms with Crippen LogP contribution in [-0.2, 0) is 4.74 Å². The van der Waals surface area contributed by atoms with Crippen molar-refractivity contribution in [3.8, 4) is 0 Å². The van der Waals surface area contributed by atoms with Crippen molar-refractivity contribution in [3.05, 3.63) is 23.9 Å². The molecule has 0 radical (unpaired) electrons. The Balaban J connectivity index is 2.15. The molecule has 1 amide bonds. The van der Waals surface area contributed by atoms with Crippen LogP contribution in [0, 0.1) is 0 Å². The van der Waals surface area contributed by atoms with Gasteiger partial charge < -0.3 is 15.0 Å². The number of aromatic nitrogens is 1. The molecule has 5 heteroatoms. The second-order valence-corrected chi connectivity index (χ2v) is 4.30. The summed E-state index contributed by atoms with van der Waals surface area (Å²) in [6.07, 6.45) is 2.75. The van der Waals surface area contributed by atoms with Crippen LogP contribution < -0.4 is 5.32 Å². The third kappa shape index (κ3) is 2.61. The summed E-state index contributed by atoms with van der Waals surface area (Å²) in [5.41, 5.74) is 0.622. The molecule has 1 aliphatic heterocycles. The minimum absolute atomic E-state index is 0.0224. The van der Waals surface area contributed by atoms with Crippen molar-refractivity contribution in [2.75, 3.05) is 32.1 Å². The first-order valence-corrected chi connectivity index (χ1v) is 6.30. The molecule has 0 aromatic carbocycles. The van der Waals surface area contributed by atoms with E-state index >= 15 is 0 Å². The molecule has 0 spiro atoms. The van der Waals surface area contributed by atoms with E-state index in [0.29, 0.717) is 31.1 Å². The summed E-state index contributed by atoms with van der Waals surface area (Å²) < 4.78 is 5.57. The summed E-state index contributed by atoms with van der Waals surface area (Å²) in [4.78, 5) is 18.4. The van der Waals surface area contributed by atoms with Gasteiger partial charge in [-0.2, -0.15) is 0 Å². The summed E-state index contributed by atoms with van der Waals surface area (Å²) in [5.74, 6) is 0.649. The highest BCUT2D eigenvalue weighted by Gasteiger charge is 2.25. The quantitative estimate of drug-likeness (QED) is 0.879. The fraction of sp³-hybridized carbons (Fsp3) is 0.538. The number of nitrogens with one attached hydrogen (secondary N) is 1. The highest BCUT2D eigenvalue weighted by Crippen LogP contribution is 2.16. The minimum atomic E-state index is 0.0224. The van der Waals surface area contributed by atoms with E-state index in [1.165, 1.54) is 0 Å². The molecule has 1 atom stereocenters. The standard InChI is InChI=1S/C13H19N3O2/c1-3-10-9-16(7-8-18-10)13(17)11-5-4-6-15-12(11)14-2/h4-6,10H,3,7-9H2,1-2H3,(H,14,15). The van der Waals surface area contributed by atoms with E-state index in [0.717, 1.165) is 6.42 Å². The lowest BCUT2D eigenvalue weighted by molar-refractivity contribution is -0.0226. The van der Waals surface area contributed by atoms with E-state index in [2.05, 4.69) is 17.2 Å². The topological polar surface area (TPSA) is 54.5 Å². The zero-order chi connectivity index (χ0) is 13.0. The molecule has 98 valence electrons. The van der Waals surface area contributed by atoms with Gasteiger partial charge in [0.15, 0.2) is 0 Å². The second kappa shape index (κ2) is 5.82. The van der Waals surface area contributed by atoms with Crippen LogP contribution in [0.3, 0.4) is 0 Å². The van der Waals surface area contributed by atoms with Gasteiger partial charge in [0.1, 0.15) is 5.82 Å². The number of nitrogens with zero attached hydrogens (tertiary/aromatic N) is 2. The van der Waals surface area contributed by atoms with Gasteiger partial charge in [0.2, 0.25) is 0 Å². The lowest BCUT2D eigenvalue weighted by atomic mass is 10.1. The van der Waals surface area contributed by atoms with Crippen LogP contribution in [0.15, 0.2) is 18.3 Å². The Bertz CT molecular complexity index is 422. The number of morpholine rings is 1. The average molecular weight is 249 g/mol. The zero-order valence-corrected chi connectivity index (χ0v) is 10.8. The highest BCUT2D eigenvalue weighted by molar-refractivity contribution is 5.98. The third-order valence-corrected chi connectivity index (χ3v) is 3.16. The van der Waals surface area contributed by atoms with Crippen LogP contribution in [0.4, 0.5) is 5.82 Å². The third-order valence-electron chi connectivity index (χ3n) is 3.16. The summed E-state index contributed by atoms with van der Waals surface area (Å²) in [7, 11) is 1.77. The van der Waals surface area contributed by atoms with Crippen LogP contribution in [0.2, 0.25) is 0 Å². The van der Waals surface area contributed by atoms with Gasteiger partial charge in [0.05, 0.1) is 18.3 Å². The number of rotatable bonds is 3. The van der Waals surface area contributed by atoms with Crippen molar-refractivity contribution in [2.45, 2.75) is 19.4 Å². The largest absolute Gasteiger partial charge is 0.375 e. The SMILES string of the molecule is CCC1CN(C(=O)c2cccnc2NC)CCO1. The van der Waals surface area contributed by atoms with Crippen molar-refractivity contribution in [1.29, 1.82) is 0 Å². The van der Waals surface area contributed by atoms with Crippen LogP contribution in [0.1, 0.15) is 23.7 Å². The van der Waals surface area contributed by atoms with Crippen LogP contribution in [-0.4, -0.2) is 48.6 Å². The Labute approximate surface area is 107 Å². The lowest BCUT2D eigenvalue weighted by Crippen LogP contribution is -2.45. The fourth-order valence-electron chi connectivity index (χ4n) is 2.10. The van der Waals surface area contributed by atoms with Gasteiger partial charge in [-0.15, -0.1) is 0 Å². The summed E-state index contributed by atoms with van der Waals surface area (Å²) in [5, 5.41) is 2.95. The molecule has 1 aliphatic rings. The molecule has 5 nitrogen and oxygen atoms in total. The smallest absolute Gasteiger partial charge is 0.257 e. The Morgan fingerprint density at radius 1 is 1.67 bits per heavy atom. The zero-order valence-electron chi connectivity index (χ0n) is 10.8. The first kappa shape index (κ1) is 12.8. The monoisotopic (exact) mass is 249 g/mol. The van der Waals surface area contributed by atoms with Crippen LogP contribution in [0.25, 0.3) is 0 Å². The maximum Gasteiger partial charge on any atom is 0.257 e. The second-order valence-electron chi connectivity index (χ2n) is 4.30. The van der Waals surface area contributed by atoms with E-state index in [4.69, 9.17) is 4.74 Å². The maximum atomic E-state index is 12.4. The molecule has 0 saturated carbocycles. The van der Waals surface area contributed by atoms with E-state index in [-0.39, 0.29) is 12.0 Å².